The van der Waals surface area contributed by atoms with Crippen molar-refractivity contribution < 1.29 is 67.5 Å². The number of aliphatic hydroxyl groups excluding tert-OH is 2. The Labute approximate surface area is 832 Å². The number of benzene rings is 6. The number of aliphatic hydroxyl groups is 2. The third kappa shape index (κ3) is 22.2. The minimum atomic E-state index is -0.769. The van der Waals surface area contributed by atoms with E-state index < -0.39 is 18.1 Å². The Morgan fingerprint density at radius 1 is 0.453 bits per heavy atom. The van der Waals surface area contributed by atoms with Gasteiger partial charge in [-0.1, -0.05) is 149 Å². The summed E-state index contributed by atoms with van der Waals surface area (Å²) in [5, 5.41) is 50.8. The van der Waals surface area contributed by atoms with E-state index in [4.69, 9.17) is 75.4 Å². The number of thiophene rings is 4. The van der Waals surface area contributed by atoms with Gasteiger partial charge in [0.25, 0.3) is 29.5 Å². The van der Waals surface area contributed by atoms with Crippen LogP contribution < -0.4 is 62.1 Å². The van der Waals surface area contributed by atoms with Gasteiger partial charge in [0.05, 0.1) is 112 Å². The highest BCUT2D eigenvalue weighted by Gasteiger charge is 2.45. The summed E-state index contributed by atoms with van der Waals surface area (Å²) >= 11 is 31.7. The van der Waals surface area contributed by atoms with Crippen molar-refractivity contribution in [1.82, 2.24) is 52.5 Å². The van der Waals surface area contributed by atoms with Crippen LogP contribution in [0.5, 0.6) is 0 Å². The molecule has 714 valence electrons. The second-order valence-corrected chi connectivity index (χ2v) is 40.7. The van der Waals surface area contributed by atoms with E-state index in [0.717, 1.165) is 162 Å². The molecule has 6 aromatic heterocycles. The number of thiazole rings is 1. The maximum absolute atomic E-state index is 12.9. The van der Waals surface area contributed by atoms with Gasteiger partial charge in [0.2, 0.25) is 17.7 Å². The molecular formula is C100H102Cl4N14O14S5. The minimum absolute atomic E-state index is 0.0384. The summed E-state index contributed by atoms with van der Waals surface area (Å²) in [4.78, 5) is 124. The van der Waals surface area contributed by atoms with Crippen LogP contribution in [0.15, 0.2) is 182 Å². The molecule has 0 aliphatic carbocycles. The van der Waals surface area contributed by atoms with E-state index in [0.29, 0.717) is 93.7 Å². The Kier molecular flexibility index (Phi) is 32.0. The molecule has 2 unspecified atom stereocenters. The Morgan fingerprint density at radius 2 is 0.883 bits per heavy atom. The van der Waals surface area contributed by atoms with Gasteiger partial charge in [-0.2, -0.15) is 0 Å². The zero-order valence-electron chi connectivity index (χ0n) is 75.1. The van der Waals surface area contributed by atoms with Crippen molar-refractivity contribution in [2.45, 2.75) is 74.0 Å². The topological polar surface area (TPSA) is 349 Å². The quantitative estimate of drug-likeness (QED) is 0.0405. The van der Waals surface area contributed by atoms with E-state index in [2.05, 4.69) is 122 Å². The lowest BCUT2D eigenvalue weighted by atomic mass is 9.82. The molecule has 9 aliphatic heterocycles. The van der Waals surface area contributed by atoms with Gasteiger partial charge in [-0.25, -0.2) is 4.98 Å². The first-order valence-corrected chi connectivity index (χ1v) is 51.0. The summed E-state index contributed by atoms with van der Waals surface area (Å²) < 4.78 is 21.8. The molecule has 15 heterocycles. The van der Waals surface area contributed by atoms with Crippen LogP contribution in [-0.2, 0) is 33.3 Å². The second kappa shape index (κ2) is 44.9. The summed E-state index contributed by atoms with van der Waals surface area (Å²) in [5.41, 5.74) is 11.7. The second-order valence-electron chi connectivity index (χ2n) is 33.8. The van der Waals surface area contributed by atoms with Gasteiger partial charge in [0.1, 0.15) is 23.0 Å². The molecule has 0 saturated carbocycles. The third-order valence-corrected chi connectivity index (χ3v) is 32.4. The summed E-state index contributed by atoms with van der Waals surface area (Å²) in [5.74, 6) is -2.27. The van der Waals surface area contributed by atoms with Gasteiger partial charge in [-0.15, -0.1) is 45.3 Å². The van der Waals surface area contributed by atoms with Crippen LogP contribution in [0, 0.1) is 6.92 Å². The standard InChI is InChI=1S/C22H23N3O3S.C20H22ClN3O4S.C20H22ClN3O3S.C20H16ClN3O2S.C18H19ClN2O2S/c26-13-17-12-18(16-6-5-14-3-1-2-4-15(14)11-16)19-20(21(27)23-17)29-22(24-19)25-7-9-28-10-8-25;21-13-3-1-12(2-4-13)16-14-11-15(24-6-9-28-10-7-24)29-18(14)20(27)23-17(16)19(26)22-5-8-25;1-2-22-19(25)17-16(12-3-5-13(21)6-4-12)14-11-15(24-7-9-27-10-8-24)28-18(14)20(26)23-17;1-22-19(25)17-16(12-2-4-13(21)5-3-12)14-10-15(11-6-8-23-9-7-11)27-18(14)20(26)24-17;1-11-8-12(2-3-15(11)19)14-10-20-18(22)17-13(14)9-16(24-17)21-4-6-23-7-5-21/h1-6,11,17-18,26H,7-10,12-13H2,(H,23,27);1-4,11,16-17,25H,5-10H2,(H,22,26)(H,23,27);3-6,11,16-17H,2,7-10H2,1H3,(H,22,25)(H,23,26);2-10,16-17H,1H3,(H,22,25)(H,24,26);2-3,8-9,14H,4-7,10H2,1H3,(H,20,22)/t17-,18?;3*16-,17-;/m1111./s1. The fraction of sp³-hybridized carbons (Fsp3) is 0.340. The first-order valence-electron chi connectivity index (χ1n) is 45.4. The minimum Gasteiger partial charge on any atom is -0.395 e. The number of nitrogens with one attached hydrogen (secondary N) is 8. The number of rotatable bonds is 17. The number of likely N-dealkylation sites (N-methyl/N-ethyl adjacent to an activating group) is 2. The number of carbonyl (C=O) groups is 8. The van der Waals surface area contributed by atoms with Gasteiger partial charge >= 0.3 is 0 Å². The number of aromatic nitrogens is 2. The molecule has 28 nitrogen and oxygen atoms in total. The molecule has 8 amide bonds. The molecule has 137 heavy (non-hydrogen) atoms. The number of hydrogen-bond donors (Lipinski definition) is 10. The molecule has 9 atom stereocenters. The predicted octanol–water partition coefficient (Wildman–Crippen LogP) is 13.8. The van der Waals surface area contributed by atoms with Crippen molar-refractivity contribution in [2.75, 3.05) is 165 Å². The lowest BCUT2D eigenvalue weighted by Crippen LogP contribution is -2.53. The number of halogens is 4. The lowest BCUT2D eigenvalue weighted by molar-refractivity contribution is -0.124. The molecule has 0 radical (unpaired) electrons. The molecule has 0 spiro atoms. The van der Waals surface area contributed by atoms with Crippen LogP contribution in [-0.4, -0.2) is 237 Å². The number of carbonyl (C=O) groups excluding carboxylic acids is 8. The van der Waals surface area contributed by atoms with Gasteiger partial charge < -0.3 is 91.3 Å². The van der Waals surface area contributed by atoms with Gasteiger partial charge in [0, 0.05) is 146 Å². The number of fused-ring (bicyclic) bond motifs is 6. The van der Waals surface area contributed by atoms with Crippen LogP contribution >= 0.6 is 103 Å². The Balaban J connectivity index is 0.000000119. The van der Waals surface area contributed by atoms with Crippen molar-refractivity contribution in [3.63, 3.8) is 0 Å². The molecule has 4 fully saturated rings. The molecule has 6 aromatic carbocycles. The van der Waals surface area contributed by atoms with E-state index in [1.165, 1.54) is 61.7 Å². The number of morpholine rings is 4. The highest BCUT2D eigenvalue weighted by atomic mass is 35.5. The van der Waals surface area contributed by atoms with Gasteiger partial charge in [-0.05, 0) is 171 Å². The molecule has 21 rings (SSSR count). The monoisotopic (exact) mass is 2020 g/mol. The van der Waals surface area contributed by atoms with Crippen molar-refractivity contribution in [1.29, 1.82) is 0 Å². The van der Waals surface area contributed by atoms with E-state index >= 15 is 0 Å². The van der Waals surface area contributed by atoms with E-state index in [9.17, 15) is 43.5 Å². The highest BCUT2D eigenvalue weighted by Crippen LogP contribution is 2.48. The Morgan fingerprint density at radius 3 is 1.36 bits per heavy atom. The molecule has 12 aromatic rings. The largest absolute Gasteiger partial charge is 0.395 e. The van der Waals surface area contributed by atoms with Gasteiger partial charge in [0.15, 0.2) is 5.13 Å². The first-order chi connectivity index (χ1) is 66.6. The maximum atomic E-state index is 12.9. The van der Waals surface area contributed by atoms with Crippen molar-refractivity contribution in [3.05, 3.63) is 288 Å². The van der Waals surface area contributed by atoms with Crippen LogP contribution in [0.4, 0.5) is 20.1 Å². The fourth-order valence-corrected chi connectivity index (χ4v) is 24.6. The van der Waals surface area contributed by atoms with Crippen LogP contribution in [0.25, 0.3) is 21.2 Å². The van der Waals surface area contributed by atoms with Crippen molar-refractivity contribution >= 4 is 181 Å². The van der Waals surface area contributed by atoms with Crippen LogP contribution in [0.1, 0.15) is 153 Å². The average molecular weight is 2030 g/mol. The molecule has 0 bridgehead atoms. The predicted molar refractivity (Wildman–Crippen MR) is 540 cm³/mol. The maximum Gasteiger partial charge on any atom is 0.263 e. The molecular weight excluding hydrogens is 1920 g/mol. The summed E-state index contributed by atoms with van der Waals surface area (Å²) in [6, 6.07) is 52.7. The fourth-order valence-electron chi connectivity index (χ4n) is 18.4. The zero-order chi connectivity index (χ0) is 95.5. The van der Waals surface area contributed by atoms with E-state index in [1.807, 2.05) is 105 Å². The SMILES string of the molecule is CCNC(=O)[C@@H]1NC(=O)c2sc(N3CCOCC3)cc2[C@H]1c1ccc(Cl)cc1.CNC(=O)[C@@H]1NC(=O)c2sc(-c3ccncc3)cc2[C@H]1c1ccc(Cl)cc1.Cc1cc(C2CNC(=O)c3sc(N4CCOCC4)cc32)ccc1Cl.O=C1N[C@@H](C(=O)NCCO)[C@H](c2ccc(Cl)cc2)c2cc(N3CCOCC3)sc21.O=C1N[C@@H](CO)CC(c2ccc3ccccc3c2)c2nc(N3CCOCC3)sc21. The summed E-state index contributed by atoms with van der Waals surface area (Å²) in [6.45, 7) is 16.9. The lowest BCUT2D eigenvalue weighted by Gasteiger charge is -2.31. The van der Waals surface area contributed by atoms with Crippen LogP contribution in [0.3, 0.4) is 0 Å². The molecule has 4 saturated heterocycles. The summed E-state index contributed by atoms with van der Waals surface area (Å²) in [6.07, 6.45) is 4.07. The van der Waals surface area contributed by atoms with Crippen molar-refractivity contribution in [3.8, 4) is 10.4 Å². The number of amides is 8. The summed E-state index contributed by atoms with van der Waals surface area (Å²) in [7, 11) is 1.57. The van der Waals surface area contributed by atoms with E-state index in [1.54, 1.807) is 55.0 Å². The van der Waals surface area contributed by atoms with Gasteiger partial charge in [-0.3, -0.25) is 43.3 Å². The first kappa shape index (κ1) is 97.7. The number of aryl methyl sites for hydroxylation is 1. The normalized spacial score (nSPS) is 21.0. The molecule has 37 heteroatoms. The number of hydrogen-bond acceptors (Lipinski definition) is 25. The number of nitrogens with zero attached hydrogens (tertiary/aromatic N) is 6. The third-order valence-electron chi connectivity index (χ3n) is 25.3. The Hall–Kier alpha value is -11.0. The molecule has 10 N–H and O–H groups in total. The van der Waals surface area contributed by atoms with Crippen LogP contribution in [0.2, 0.25) is 20.1 Å². The number of anilines is 4. The highest BCUT2D eigenvalue weighted by molar-refractivity contribution is 7.19. The zero-order valence-corrected chi connectivity index (χ0v) is 82.2. The molecule has 9 aliphatic rings. The average Bonchev–Trinajstić information content (AvgIpc) is 1.64. The van der Waals surface area contributed by atoms with E-state index in [-0.39, 0.29) is 103 Å². The Bertz CT molecular complexity index is 6360. The van der Waals surface area contributed by atoms with Crippen molar-refractivity contribution in [2.24, 2.45) is 0 Å². The number of ether oxygens (including phenoxy) is 4. The smallest absolute Gasteiger partial charge is 0.263 e. The number of pyridine rings is 1.